The van der Waals surface area contributed by atoms with E-state index in [1.54, 1.807) is 4.31 Å². The van der Waals surface area contributed by atoms with E-state index in [0.717, 1.165) is 25.8 Å². The third-order valence-electron chi connectivity index (χ3n) is 3.28. The molecule has 5 heteroatoms. The summed E-state index contributed by atoms with van der Waals surface area (Å²) in [5.74, 6) is 0. The highest BCUT2D eigenvalue weighted by atomic mass is 32.2. The van der Waals surface area contributed by atoms with Gasteiger partial charge in [-0.1, -0.05) is 0 Å². The minimum Gasteiger partial charge on any atom is -0.311 e. The van der Waals surface area contributed by atoms with Crippen molar-refractivity contribution < 1.29 is 8.42 Å². The zero-order valence-corrected chi connectivity index (χ0v) is 8.26. The molecule has 2 bridgehead atoms. The van der Waals surface area contributed by atoms with Crippen LogP contribution in [0.3, 0.4) is 0 Å². The lowest BCUT2D eigenvalue weighted by molar-refractivity contribution is 0.348. The van der Waals surface area contributed by atoms with Crippen LogP contribution in [0.15, 0.2) is 0 Å². The first-order valence-electron chi connectivity index (χ1n) is 4.92. The monoisotopic (exact) mass is 202 g/mol. The third-order valence-corrected chi connectivity index (χ3v) is 5.69. The predicted molar refractivity (Wildman–Crippen MR) is 48.8 cm³/mol. The molecule has 2 atom stereocenters. The van der Waals surface area contributed by atoms with Crippen LogP contribution in [0.25, 0.3) is 0 Å². The fourth-order valence-electron chi connectivity index (χ4n) is 2.39. The maximum absolute atomic E-state index is 11.9. The van der Waals surface area contributed by atoms with Crippen LogP contribution in [-0.4, -0.2) is 43.1 Å². The second-order valence-corrected chi connectivity index (χ2v) is 6.47. The molecule has 4 nitrogen and oxygen atoms in total. The summed E-state index contributed by atoms with van der Waals surface area (Å²) in [6.45, 7) is 1.57. The van der Waals surface area contributed by atoms with Gasteiger partial charge in [-0.2, -0.15) is 4.31 Å². The Morgan fingerprint density at radius 3 is 2.54 bits per heavy atom. The number of nitrogens with zero attached hydrogens (tertiary/aromatic N) is 1. The lowest BCUT2D eigenvalue weighted by Crippen LogP contribution is -2.47. The van der Waals surface area contributed by atoms with E-state index < -0.39 is 10.0 Å². The molecule has 0 radical (unpaired) electrons. The summed E-state index contributed by atoms with van der Waals surface area (Å²) in [7, 11) is -2.90. The fraction of sp³-hybridized carbons (Fsp3) is 1.00. The lowest BCUT2D eigenvalue weighted by atomic mass is 10.2. The summed E-state index contributed by atoms with van der Waals surface area (Å²) in [5, 5.41) is 3.28. The van der Waals surface area contributed by atoms with Crippen molar-refractivity contribution in [3.63, 3.8) is 0 Å². The summed E-state index contributed by atoms with van der Waals surface area (Å²) in [6, 6.07) is 0.689. The number of piperazine rings is 1. The molecule has 0 spiro atoms. The number of fused-ring (bicyclic) bond motifs is 2. The minimum absolute atomic E-state index is 0.0353. The third kappa shape index (κ3) is 1.14. The Balaban J connectivity index is 1.86. The van der Waals surface area contributed by atoms with E-state index in [9.17, 15) is 8.42 Å². The summed E-state index contributed by atoms with van der Waals surface area (Å²) in [6.07, 6.45) is 2.78. The molecule has 0 aromatic heterocycles. The van der Waals surface area contributed by atoms with Crippen molar-refractivity contribution >= 4 is 10.0 Å². The van der Waals surface area contributed by atoms with E-state index in [4.69, 9.17) is 0 Å². The van der Waals surface area contributed by atoms with E-state index in [0.29, 0.717) is 12.6 Å². The van der Waals surface area contributed by atoms with Crippen molar-refractivity contribution in [1.29, 1.82) is 0 Å². The zero-order chi connectivity index (χ0) is 9.05. The van der Waals surface area contributed by atoms with Crippen molar-refractivity contribution in [2.75, 3.05) is 13.1 Å². The van der Waals surface area contributed by atoms with Crippen LogP contribution in [0.4, 0.5) is 0 Å². The van der Waals surface area contributed by atoms with Gasteiger partial charge in [-0.25, -0.2) is 8.42 Å². The van der Waals surface area contributed by atoms with Crippen LogP contribution >= 0.6 is 0 Å². The molecular weight excluding hydrogens is 188 g/mol. The minimum atomic E-state index is -2.90. The standard InChI is InChI=1S/C8H14N2O2S/c11-13(12,8-1-2-8)10-5-6-3-7(10)4-9-6/h6-9H,1-5H2/t6-,7-/m0/s1. The van der Waals surface area contributed by atoms with Crippen LogP contribution in [0, 0.1) is 0 Å². The molecule has 3 aliphatic rings. The van der Waals surface area contributed by atoms with Gasteiger partial charge in [0.2, 0.25) is 10.0 Å². The Bertz CT molecular complexity index is 323. The van der Waals surface area contributed by atoms with Crippen molar-refractivity contribution in [1.82, 2.24) is 9.62 Å². The number of rotatable bonds is 2. The number of hydrogen-bond donors (Lipinski definition) is 1. The average Bonchev–Trinajstić information content (AvgIpc) is 2.76. The molecule has 74 valence electrons. The summed E-state index contributed by atoms with van der Waals surface area (Å²) >= 11 is 0. The number of hydrogen-bond acceptors (Lipinski definition) is 3. The highest BCUT2D eigenvalue weighted by Crippen LogP contribution is 2.36. The summed E-state index contributed by atoms with van der Waals surface area (Å²) in [4.78, 5) is 0. The van der Waals surface area contributed by atoms with Crippen LogP contribution in [0.5, 0.6) is 0 Å². The van der Waals surface area contributed by atoms with Gasteiger partial charge in [0.15, 0.2) is 0 Å². The van der Waals surface area contributed by atoms with E-state index >= 15 is 0 Å². The SMILES string of the molecule is O=S(=O)(C1CC1)N1C[C@@H]2C[C@H]1CN2. The molecule has 0 unspecified atom stereocenters. The molecule has 1 saturated carbocycles. The van der Waals surface area contributed by atoms with Crippen molar-refractivity contribution in [2.45, 2.75) is 36.6 Å². The highest BCUT2D eigenvalue weighted by molar-refractivity contribution is 7.90. The molecule has 3 fully saturated rings. The molecule has 0 aromatic carbocycles. The normalized spacial score (nSPS) is 40.0. The van der Waals surface area contributed by atoms with E-state index in [1.165, 1.54) is 0 Å². The first-order valence-corrected chi connectivity index (χ1v) is 6.42. The smallest absolute Gasteiger partial charge is 0.217 e. The summed E-state index contributed by atoms with van der Waals surface area (Å²) < 4.78 is 25.5. The lowest BCUT2D eigenvalue weighted by Gasteiger charge is -2.26. The molecule has 1 N–H and O–H groups in total. The topological polar surface area (TPSA) is 49.4 Å². The maximum Gasteiger partial charge on any atom is 0.217 e. The largest absolute Gasteiger partial charge is 0.311 e. The molecule has 2 aliphatic heterocycles. The van der Waals surface area contributed by atoms with E-state index in [1.807, 2.05) is 0 Å². The average molecular weight is 202 g/mol. The van der Waals surface area contributed by atoms with Crippen LogP contribution in [0.2, 0.25) is 0 Å². The number of nitrogens with one attached hydrogen (secondary N) is 1. The van der Waals surface area contributed by atoms with Crippen LogP contribution < -0.4 is 5.32 Å². The summed E-state index contributed by atoms with van der Waals surface area (Å²) in [5.41, 5.74) is 0. The van der Waals surface area contributed by atoms with Gasteiger partial charge < -0.3 is 5.32 Å². The molecule has 0 aromatic rings. The highest BCUT2D eigenvalue weighted by Gasteiger charge is 2.49. The van der Waals surface area contributed by atoms with Gasteiger partial charge in [0.1, 0.15) is 0 Å². The van der Waals surface area contributed by atoms with Gasteiger partial charge in [-0.15, -0.1) is 0 Å². The van der Waals surface area contributed by atoms with Crippen molar-refractivity contribution in [3.05, 3.63) is 0 Å². The van der Waals surface area contributed by atoms with Gasteiger partial charge in [-0.3, -0.25) is 0 Å². The predicted octanol–water partition coefficient (Wildman–Crippen LogP) is -0.475. The molecular formula is C8H14N2O2S. The number of sulfonamides is 1. The molecule has 13 heavy (non-hydrogen) atoms. The quantitative estimate of drug-likeness (QED) is 0.658. The molecule has 0 amide bonds. The molecule has 1 aliphatic carbocycles. The van der Waals surface area contributed by atoms with Crippen molar-refractivity contribution in [2.24, 2.45) is 0 Å². The van der Waals surface area contributed by atoms with E-state index in [2.05, 4.69) is 5.32 Å². The first-order chi connectivity index (χ1) is 6.18. The van der Waals surface area contributed by atoms with Crippen LogP contribution in [0.1, 0.15) is 19.3 Å². The molecule has 2 heterocycles. The zero-order valence-electron chi connectivity index (χ0n) is 7.44. The second-order valence-electron chi connectivity index (χ2n) is 4.31. The van der Waals surface area contributed by atoms with E-state index in [-0.39, 0.29) is 11.3 Å². The fourth-order valence-corrected chi connectivity index (χ4v) is 4.47. The second kappa shape index (κ2) is 2.46. The van der Waals surface area contributed by atoms with Crippen molar-refractivity contribution in [3.8, 4) is 0 Å². The molecule has 3 rings (SSSR count). The first kappa shape index (κ1) is 8.20. The van der Waals surface area contributed by atoms with Gasteiger partial charge >= 0.3 is 0 Å². The maximum atomic E-state index is 11.9. The Kier molecular flexibility index (Phi) is 1.55. The Morgan fingerprint density at radius 2 is 2.08 bits per heavy atom. The van der Waals surface area contributed by atoms with Gasteiger partial charge in [0.05, 0.1) is 5.25 Å². The Labute approximate surface area is 78.3 Å². The van der Waals surface area contributed by atoms with Gasteiger partial charge in [0, 0.05) is 25.2 Å². The Hall–Kier alpha value is -0.130. The van der Waals surface area contributed by atoms with Gasteiger partial charge in [0.25, 0.3) is 0 Å². The van der Waals surface area contributed by atoms with Gasteiger partial charge in [-0.05, 0) is 19.3 Å². The van der Waals surface area contributed by atoms with Crippen LogP contribution in [-0.2, 0) is 10.0 Å². The Morgan fingerprint density at radius 1 is 1.31 bits per heavy atom. The molecule has 2 saturated heterocycles.